The summed E-state index contributed by atoms with van der Waals surface area (Å²) in [6.45, 7) is 1.72. The van der Waals surface area contributed by atoms with E-state index in [0.717, 1.165) is 0 Å². The maximum atomic E-state index is 13.5. The zero-order valence-electron chi connectivity index (χ0n) is 9.27. The Morgan fingerprint density at radius 1 is 1.41 bits per heavy atom. The highest BCUT2D eigenvalue weighted by Crippen LogP contribution is 2.18. The first-order chi connectivity index (χ1) is 8.08. The second-order valence-electron chi connectivity index (χ2n) is 3.79. The van der Waals surface area contributed by atoms with Gasteiger partial charge in [-0.25, -0.2) is 9.37 Å². The fourth-order valence-corrected chi connectivity index (χ4v) is 1.49. The van der Waals surface area contributed by atoms with Gasteiger partial charge in [0.05, 0.1) is 11.3 Å². The van der Waals surface area contributed by atoms with Gasteiger partial charge in [-0.1, -0.05) is 12.1 Å². The fraction of sp³-hybridized carbons (Fsp3) is 0.167. The molecule has 5 heteroatoms. The van der Waals surface area contributed by atoms with Gasteiger partial charge in [0.25, 0.3) is 5.56 Å². The molecule has 1 heterocycles. The lowest BCUT2D eigenvalue weighted by atomic mass is 10.2. The minimum atomic E-state index is -0.433. The third-order valence-corrected chi connectivity index (χ3v) is 2.36. The molecule has 2 aromatic rings. The molecule has 0 aliphatic rings. The Bertz CT molecular complexity index is 592. The number of aromatic amines is 1. The van der Waals surface area contributed by atoms with Crippen LogP contribution in [0.2, 0.25) is 0 Å². The highest BCUT2D eigenvalue weighted by molar-refractivity contribution is 5.55. The third kappa shape index (κ3) is 2.39. The van der Waals surface area contributed by atoms with Crippen molar-refractivity contribution in [3.63, 3.8) is 0 Å². The number of benzene rings is 1. The van der Waals surface area contributed by atoms with Crippen LogP contribution >= 0.6 is 0 Å². The van der Waals surface area contributed by atoms with Crippen molar-refractivity contribution in [3.05, 3.63) is 52.2 Å². The molecule has 0 spiro atoms. The second kappa shape index (κ2) is 4.47. The highest BCUT2D eigenvalue weighted by Gasteiger charge is 2.10. The number of nitrogens with zero attached hydrogens (tertiary/aromatic N) is 1. The van der Waals surface area contributed by atoms with E-state index in [1.165, 1.54) is 12.1 Å². The van der Waals surface area contributed by atoms with Crippen LogP contribution in [0.25, 0.3) is 11.4 Å². The molecule has 0 fully saturated rings. The first-order valence-electron chi connectivity index (χ1n) is 5.19. The van der Waals surface area contributed by atoms with Gasteiger partial charge in [-0.3, -0.25) is 4.79 Å². The van der Waals surface area contributed by atoms with Gasteiger partial charge in [0.1, 0.15) is 11.6 Å². The molecule has 2 rings (SSSR count). The summed E-state index contributed by atoms with van der Waals surface area (Å²) in [6.07, 6.45) is 0. The van der Waals surface area contributed by atoms with Gasteiger partial charge in [0, 0.05) is 12.1 Å². The molecule has 1 aromatic carbocycles. The number of hydrogen-bond donors (Lipinski definition) is 2. The summed E-state index contributed by atoms with van der Waals surface area (Å²) in [5, 5.41) is 0. The second-order valence-corrected chi connectivity index (χ2v) is 3.79. The van der Waals surface area contributed by atoms with Crippen molar-refractivity contribution in [1.82, 2.24) is 9.97 Å². The van der Waals surface area contributed by atoms with Crippen molar-refractivity contribution in [2.24, 2.45) is 5.73 Å². The van der Waals surface area contributed by atoms with E-state index in [1.807, 2.05) is 0 Å². The minimum Gasteiger partial charge on any atom is -0.323 e. The van der Waals surface area contributed by atoms with Crippen LogP contribution in [0.15, 0.2) is 35.1 Å². The lowest BCUT2D eigenvalue weighted by Crippen LogP contribution is -2.16. The third-order valence-electron chi connectivity index (χ3n) is 2.36. The average Bonchev–Trinajstić information content (AvgIpc) is 2.28. The van der Waals surface area contributed by atoms with E-state index < -0.39 is 5.82 Å². The zero-order chi connectivity index (χ0) is 12.4. The first-order valence-corrected chi connectivity index (χ1v) is 5.19. The highest BCUT2D eigenvalue weighted by atomic mass is 19.1. The smallest absolute Gasteiger partial charge is 0.251 e. The molecule has 17 heavy (non-hydrogen) atoms. The number of nitrogens with two attached hydrogens (primary N) is 1. The molecule has 0 aliphatic heterocycles. The normalized spacial score (nSPS) is 12.4. The van der Waals surface area contributed by atoms with Crippen molar-refractivity contribution in [1.29, 1.82) is 0 Å². The molecule has 0 aliphatic carbocycles. The molecule has 4 nitrogen and oxygen atoms in total. The average molecular weight is 233 g/mol. The monoisotopic (exact) mass is 233 g/mol. The number of halogens is 1. The van der Waals surface area contributed by atoms with Gasteiger partial charge in [-0.15, -0.1) is 0 Å². The Kier molecular flexibility index (Phi) is 3.01. The van der Waals surface area contributed by atoms with E-state index >= 15 is 0 Å². The number of rotatable bonds is 2. The van der Waals surface area contributed by atoms with Crippen LogP contribution < -0.4 is 11.3 Å². The molecule has 1 aromatic heterocycles. The van der Waals surface area contributed by atoms with Gasteiger partial charge in [-0.05, 0) is 19.1 Å². The zero-order valence-corrected chi connectivity index (χ0v) is 9.27. The molecular formula is C12H12FN3O. The summed E-state index contributed by atoms with van der Waals surface area (Å²) >= 11 is 0. The molecule has 0 amide bonds. The van der Waals surface area contributed by atoms with Crippen LogP contribution in [-0.2, 0) is 0 Å². The van der Waals surface area contributed by atoms with Crippen molar-refractivity contribution < 1.29 is 4.39 Å². The molecule has 1 unspecified atom stereocenters. The molecule has 88 valence electrons. The van der Waals surface area contributed by atoms with Crippen molar-refractivity contribution in [3.8, 4) is 11.4 Å². The van der Waals surface area contributed by atoms with Crippen molar-refractivity contribution in [2.75, 3.05) is 0 Å². The van der Waals surface area contributed by atoms with Gasteiger partial charge in [0.15, 0.2) is 0 Å². The number of aromatic nitrogens is 2. The Morgan fingerprint density at radius 3 is 2.76 bits per heavy atom. The van der Waals surface area contributed by atoms with Crippen LogP contribution in [0, 0.1) is 5.82 Å². The summed E-state index contributed by atoms with van der Waals surface area (Å²) < 4.78 is 13.5. The van der Waals surface area contributed by atoms with Crippen LogP contribution in [0.5, 0.6) is 0 Å². The topological polar surface area (TPSA) is 71.8 Å². The van der Waals surface area contributed by atoms with Crippen LogP contribution in [0.4, 0.5) is 4.39 Å². The first kappa shape index (κ1) is 11.5. The van der Waals surface area contributed by atoms with Crippen LogP contribution in [0.3, 0.4) is 0 Å². The van der Waals surface area contributed by atoms with E-state index in [4.69, 9.17) is 5.73 Å². The number of nitrogens with one attached hydrogen (secondary N) is 1. The molecule has 0 saturated heterocycles. The van der Waals surface area contributed by atoms with Crippen molar-refractivity contribution in [2.45, 2.75) is 13.0 Å². The summed E-state index contributed by atoms with van der Waals surface area (Å²) in [6, 6.07) is 7.06. The van der Waals surface area contributed by atoms with E-state index in [-0.39, 0.29) is 23.0 Å². The van der Waals surface area contributed by atoms with Gasteiger partial charge in [-0.2, -0.15) is 0 Å². The SMILES string of the molecule is CC(N)c1cc(=O)[nH]c(-c2ccccc2F)n1. The fourth-order valence-electron chi connectivity index (χ4n) is 1.49. The van der Waals surface area contributed by atoms with E-state index in [9.17, 15) is 9.18 Å². The maximum absolute atomic E-state index is 13.5. The van der Waals surface area contributed by atoms with Gasteiger partial charge < -0.3 is 10.7 Å². The summed E-state index contributed by atoms with van der Waals surface area (Å²) in [4.78, 5) is 18.1. The predicted molar refractivity (Wildman–Crippen MR) is 62.9 cm³/mol. The molecular weight excluding hydrogens is 221 g/mol. The number of H-pyrrole nitrogens is 1. The molecule has 3 N–H and O–H groups in total. The predicted octanol–water partition coefficient (Wildman–Crippen LogP) is 1.60. The Labute approximate surface area is 97.3 Å². The van der Waals surface area contributed by atoms with Gasteiger partial charge >= 0.3 is 0 Å². The molecule has 0 radical (unpaired) electrons. The standard InChI is InChI=1S/C12H12FN3O/c1-7(14)10-6-11(17)16-12(15-10)8-4-2-3-5-9(8)13/h2-7H,14H2,1H3,(H,15,16,17). The Morgan fingerprint density at radius 2 is 2.12 bits per heavy atom. The van der Waals surface area contributed by atoms with E-state index in [2.05, 4.69) is 9.97 Å². The van der Waals surface area contributed by atoms with Gasteiger partial charge in [0.2, 0.25) is 0 Å². The van der Waals surface area contributed by atoms with Crippen LogP contribution in [0.1, 0.15) is 18.7 Å². The lowest BCUT2D eigenvalue weighted by molar-refractivity contribution is 0.629. The summed E-state index contributed by atoms with van der Waals surface area (Å²) in [7, 11) is 0. The maximum Gasteiger partial charge on any atom is 0.251 e. The summed E-state index contributed by atoms with van der Waals surface area (Å²) in [5.74, 6) is -0.236. The molecule has 1 atom stereocenters. The Hall–Kier alpha value is -2.01. The van der Waals surface area contributed by atoms with Crippen LogP contribution in [-0.4, -0.2) is 9.97 Å². The number of hydrogen-bond acceptors (Lipinski definition) is 3. The lowest BCUT2D eigenvalue weighted by Gasteiger charge is -2.07. The molecule has 0 saturated carbocycles. The minimum absolute atomic E-state index is 0.197. The largest absolute Gasteiger partial charge is 0.323 e. The van der Waals surface area contributed by atoms with Crippen molar-refractivity contribution >= 4 is 0 Å². The van der Waals surface area contributed by atoms with E-state index in [0.29, 0.717) is 5.69 Å². The summed E-state index contributed by atoms with van der Waals surface area (Å²) in [5.41, 5.74) is 6.01. The Balaban J connectivity index is 2.60. The van der Waals surface area contributed by atoms with E-state index in [1.54, 1.807) is 25.1 Å². The molecule has 0 bridgehead atoms. The quantitative estimate of drug-likeness (QED) is 0.827.